The highest BCUT2D eigenvalue weighted by molar-refractivity contribution is 8.01. The molecule has 0 saturated carbocycles. The van der Waals surface area contributed by atoms with Gasteiger partial charge in [-0.2, -0.15) is 4.98 Å². The van der Waals surface area contributed by atoms with Gasteiger partial charge in [0, 0.05) is 34.7 Å². The number of nitrogens with one attached hydrogen (secondary N) is 1. The fourth-order valence-corrected chi connectivity index (χ4v) is 7.14. The first-order valence-corrected chi connectivity index (χ1v) is 13.1. The Bertz CT molecular complexity index is 1190. The van der Waals surface area contributed by atoms with Gasteiger partial charge < -0.3 is 15.0 Å². The third-order valence-electron chi connectivity index (χ3n) is 5.37. The van der Waals surface area contributed by atoms with Gasteiger partial charge in [0.15, 0.2) is 5.16 Å². The van der Waals surface area contributed by atoms with Crippen LogP contribution in [-0.2, 0) is 27.3 Å². The zero-order valence-corrected chi connectivity index (χ0v) is 20.4. The first-order chi connectivity index (χ1) is 15.8. The van der Waals surface area contributed by atoms with Gasteiger partial charge in [0.1, 0.15) is 17.1 Å². The normalized spacial score (nSPS) is 19.8. The third-order valence-corrected chi connectivity index (χ3v) is 8.65. The van der Waals surface area contributed by atoms with Gasteiger partial charge in [-0.25, -0.2) is 4.79 Å². The summed E-state index contributed by atoms with van der Waals surface area (Å²) in [6.45, 7) is 4.39. The summed E-state index contributed by atoms with van der Waals surface area (Å²) in [4.78, 5) is 55.3. The van der Waals surface area contributed by atoms with Gasteiger partial charge in [0.25, 0.3) is 11.5 Å². The summed E-state index contributed by atoms with van der Waals surface area (Å²) in [6, 6.07) is 4.43. The van der Waals surface area contributed by atoms with E-state index in [4.69, 9.17) is 0 Å². The number of fused-ring (bicyclic) bond motifs is 1. The van der Waals surface area contributed by atoms with Crippen molar-refractivity contribution in [2.24, 2.45) is 0 Å². The number of nitrogens with zero attached hydrogens (tertiary/aromatic N) is 3. The summed E-state index contributed by atoms with van der Waals surface area (Å²) in [6.07, 6.45) is 0.185. The molecule has 2 N–H and O–H groups in total. The average molecular weight is 507 g/mol. The van der Waals surface area contributed by atoms with Crippen LogP contribution in [0.3, 0.4) is 0 Å². The lowest BCUT2D eigenvalue weighted by Gasteiger charge is -2.49. The minimum absolute atomic E-state index is 0.0435. The standard InChI is InChI=1S/C21H22N4O5S3/c1-3-24-11(2)7-14(26)23-21(24)33-10-12-9-32-19-16(18(28)25(19)17(12)20(29)30)22-15(27)8-13-5-4-6-31-13/h4-7,16,19H,3,8-10H2,1-2H3,(H,22,27)(H,29,30)/t16-,19-/m1/s1. The van der Waals surface area contributed by atoms with E-state index in [0.29, 0.717) is 23.0 Å². The Kier molecular flexibility index (Phi) is 6.96. The molecule has 0 aliphatic carbocycles. The Morgan fingerprint density at radius 1 is 1.36 bits per heavy atom. The highest BCUT2D eigenvalue weighted by Gasteiger charge is 2.54. The number of thiophene rings is 1. The second kappa shape index (κ2) is 9.74. The molecule has 2 aromatic heterocycles. The highest BCUT2D eigenvalue weighted by atomic mass is 32.2. The number of carboxylic acid groups (broad SMARTS) is 1. The van der Waals surface area contributed by atoms with Gasteiger partial charge in [-0.1, -0.05) is 17.8 Å². The molecule has 12 heteroatoms. The zero-order valence-electron chi connectivity index (χ0n) is 17.9. The minimum atomic E-state index is -1.18. The number of carboxylic acids is 1. The van der Waals surface area contributed by atoms with Crippen LogP contribution >= 0.6 is 34.9 Å². The molecule has 2 amide bonds. The van der Waals surface area contributed by atoms with E-state index in [0.717, 1.165) is 10.6 Å². The van der Waals surface area contributed by atoms with Crippen LogP contribution in [0.15, 0.2) is 44.8 Å². The Hall–Kier alpha value is -2.57. The number of carbonyl (C=O) groups excluding carboxylic acids is 2. The van der Waals surface area contributed by atoms with E-state index in [2.05, 4.69) is 10.3 Å². The molecule has 174 valence electrons. The molecule has 0 radical (unpaired) electrons. The summed E-state index contributed by atoms with van der Waals surface area (Å²) in [5.74, 6) is -1.18. The van der Waals surface area contributed by atoms with Crippen molar-refractivity contribution in [3.63, 3.8) is 0 Å². The van der Waals surface area contributed by atoms with Crippen molar-refractivity contribution in [2.45, 2.75) is 43.4 Å². The maximum absolute atomic E-state index is 12.8. The van der Waals surface area contributed by atoms with Gasteiger partial charge >= 0.3 is 5.97 Å². The van der Waals surface area contributed by atoms with Crippen LogP contribution in [-0.4, -0.2) is 60.3 Å². The van der Waals surface area contributed by atoms with Crippen LogP contribution in [0, 0.1) is 6.92 Å². The molecule has 0 bridgehead atoms. The molecule has 9 nitrogen and oxygen atoms in total. The van der Waals surface area contributed by atoms with Crippen molar-refractivity contribution in [2.75, 3.05) is 11.5 Å². The van der Waals surface area contributed by atoms with Gasteiger partial charge in [0.05, 0.1) is 6.42 Å². The van der Waals surface area contributed by atoms with Crippen LogP contribution in [0.5, 0.6) is 0 Å². The fraction of sp³-hybridized carbons (Fsp3) is 0.381. The second-order valence-electron chi connectivity index (χ2n) is 7.52. The van der Waals surface area contributed by atoms with Crippen molar-refractivity contribution in [3.8, 4) is 0 Å². The zero-order chi connectivity index (χ0) is 23.7. The molecular formula is C21H22N4O5S3. The Balaban J connectivity index is 1.49. The number of hydrogen-bond donors (Lipinski definition) is 2. The molecule has 2 aromatic rings. The molecule has 0 spiro atoms. The van der Waals surface area contributed by atoms with Crippen molar-refractivity contribution in [1.82, 2.24) is 19.8 Å². The predicted octanol–water partition coefficient (Wildman–Crippen LogP) is 1.71. The molecule has 2 atom stereocenters. The van der Waals surface area contributed by atoms with Crippen LogP contribution in [0.1, 0.15) is 17.5 Å². The molecular weight excluding hydrogens is 484 g/mol. The van der Waals surface area contributed by atoms with Crippen LogP contribution in [0.25, 0.3) is 0 Å². The number of aromatic nitrogens is 2. The maximum Gasteiger partial charge on any atom is 0.352 e. The number of aryl methyl sites for hydroxylation is 1. The van der Waals surface area contributed by atoms with E-state index >= 15 is 0 Å². The molecule has 1 saturated heterocycles. The molecule has 2 aliphatic heterocycles. The highest BCUT2D eigenvalue weighted by Crippen LogP contribution is 2.41. The van der Waals surface area contributed by atoms with Gasteiger partial charge in [0.2, 0.25) is 5.91 Å². The van der Waals surface area contributed by atoms with E-state index in [-0.39, 0.29) is 29.3 Å². The average Bonchev–Trinajstić information content (AvgIpc) is 3.27. The molecule has 2 aliphatic rings. The summed E-state index contributed by atoms with van der Waals surface area (Å²) in [5.41, 5.74) is 0.982. The smallest absolute Gasteiger partial charge is 0.352 e. The molecule has 1 fully saturated rings. The SMILES string of the molecule is CCn1c(C)cc(=O)nc1SCC1=C(C(=O)O)N2C(=O)[C@@H](NC(=O)Cc3cccs3)[C@H]2SC1. The molecule has 4 heterocycles. The number of hydrogen-bond acceptors (Lipinski definition) is 8. The third kappa shape index (κ3) is 4.73. The first kappa shape index (κ1) is 23.6. The molecule has 4 rings (SSSR count). The van der Waals surface area contributed by atoms with Crippen LogP contribution in [0.2, 0.25) is 0 Å². The van der Waals surface area contributed by atoms with Crippen LogP contribution < -0.4 is 10.9 Å². The Morgan fingerprint density at radius 2 is 2.15 bits per heavy atom. The van der Waals surface area contributed by atoms with Crippen LogP contribution in [0.4, 0.5) is 0 Å². The lowest BCUT2D eigenvalue weighted by molar-refractivity contribution is -0.150. The van der Waals surface area contributed by atoms with E-state index in [1.165, 1.54) is 45.8 Å². The molecule has 0 unspecified atom stereocenters. The number of rotatable bonds is 8. The van der Waals surface area contributed by atoms with E-state index < -0.39 is 23.3 Å². The first-order valence-electron chi connectivity index (χ1n) is 10.2. The van der Waals surface area contributed by atoms with Gasteiger partial charge in [-0.15, -0.1) is 23.1 Å². The second-order valence-corrected chi connectivity index (χ2v) is 10.6. The van der Waals surface area contributed by atoms with E-state index in [9.17, 15) is 24.3 Å². The summed E-state index contributed by atoms with van der Waals surface area (Å²) in [7, 11) is 0. The quantitative estimate of drug-likeness (QED) is 0.315. The largest absolute Gasteiger partial charge is 0.477 e. The van der Waals surface area contributed by atoms with Gasteiger partial charge in [-0.3, -0.25) is 19.3 Å². The monoisotopic (exact) mass is 506 g/mol. The summed E-state index contributed by atoms with van der Waals surface area (Å²) < 4.78 is 1.89. The van der Waals surface area contributed by atoms with Crippen molar-refractivity contribution < 1.29 is 19.5 Å². The summed E-state index contributed by atoms with van der Waals surface area (Å²) >= 11 is 4.17. The van der Waals surface area contributed by atoms with Gasteiger partial charge in [-0.05, 0) is 30.9 Å². The van der Waals surface area contributed by atoms with Crippen molar-refractivity contribution in [1.29, 1.82) is 0 Å². The number of carbonyl (C=O) groups is 3. The number of β-lactam (4-membered cyclic amide) rings is 1. The van der Waals surface area contributed by atoms with E-state index in [1.54, 1.807) is 0 Å². The molecule has 0 aromatic carbocycles. The topological polar surface area (TPSA) is 122 Å². The number of thioether (sulfide) groups is 2. The Morgan fingerprint density at radius 3 is 2.82 bits per heavy atom. The fourth-order valence-electron chi connectivity index (χ4n) is 3.83. The van der Waals surface area contributed by atoms with Crippen molar-refractivity contribution >= 4 is 52.6 Å². The number of aliphatic carboxylic acids is 1. The van der Waals surface area contributed by atoms with Crippen molar-refractivity contribution in [3.05, 3.63) is 55.8 Å². The summed E-state index contributed by atoms with van der Waals surface area (Å²) in [5, 5.41) is 14.5. The number of amides is 2. The minimum Gasteiger partial charge on any atom is -0.477 e. The lowest BCUT2D eigenvalue weighted by atomic mass is 10.0. The lowest BCUT2D eigenvalue weighted by Crippen LogP contribution is -2.70. The Labute approximate surface area is 202 Å². The molecule has 33 heavy (non-hydrogen) atoms. The predicted molar refractivity (Wildman–Crippen MR) is 127 cm³/mol. The van der Waals surface area contributed by atoms with E-state index in [1.807, 2.05) is 35.9 Å². The maximum atomic E-state index is 12.8.